The molecule has 5 heterocycles. The number of nitrogens with zero attached hydrogens (tertiary/aromatic N) is 6. The molecule has 200 valence electrons. The highest BCUT2D eigenvalue weighted by Gasteiger charge is 2.32. The van der Waals surface area contributed by atoms with Crippen LogP contribution in [0.25, 0.3) is 11.3 Å². The lowest BCUT2D eigenvalue weighted by Crippen LogP contribution is -2.50. The van der Waals surface area contributed by atoms with Crippen molar-refractivity contribution in [2.45, 2.75) is 45.8 Å². The van der Waals surface area contributed by atoms with Gasteiger partial charge in [0.2, 0.25) is 17.3 Å². The Hall–Kier alpha value is -3.98. The third-order valence-corrected chi connectivity index (χ3v) is 6.87. The van der Waals surface area contributed by atoms with Gasteiger partial charge in [-0.2, -0.15) is 4.58 Å². The lowest BCUT2D eigenvalue weighted by atomic mass is 10.0. The maximum absolute atomic E-state index is 12.4. The third-order valence-electron chi connectivity index (χ3n) is 6.87. The van der Waals surface area contributed by atoms with Crippen LogP contribution >= 0.6 is 0 Å². The molecule has 38 heavy (non-hydrogen) atoms. The largest absolute Gasteiger partial charge is 0.471 e. The summed E-state index contributed by atoms with van der Waals surface area (Å²) in [5.41, 5.74) is 2.50. The number of aromatic nitrogens is 2. The molecule has 0 spiro atoms. The number of carbonyl (C=O) groups is 2. The Kier molecular flexibility index (Phi) is 6.79. The molecule has 3 aliphatic rings. The van der Waals surface area contributed by atoms with Gasteiger partial charge < -0.3 is 24.6 Å². The zero-order valence-electron chi connectivity index (χ0n) is 22.5. The fourth-order valence-electron chi connectivity index (χ4n) is 4.71. The highest BCUT2D eigenvalue weighted by molar-refractivity contribution is 5.79. The molecule has 2 aromatic heterocycles. The fraction of sp³-hybridized carbons (Fsp3) is 0.519. The molecule has 11 heteroatoms. The zero-order chi connectivity index (χ0) is 27.0. The summed E-state index contributed by atoms with van der Waals surface area (Å²) in [7, 11) is 1.85. The summed E-state index contributed by atoms with van der Waals surface area (Å²) in [5.74, 6) is 1.43. The number of anilines is 1. The van der Waals surface area contributed by atoms with E-state index < -0.39 is 5.60 Å². The summed E-state index contributed by atoms with van der Waals surface area (Å²) < 4.78 is 13.5. The Morgan fingerprint density at radius 1 is 1.24 bits per heavy atom. The van der Waals surface area contributed by atoms with Crippen molar-refractivity contribution in [1.82, 2.24) is 20.2 Å². The van der Waals surface area contributed by atoms with E-state index in [-0.39, 0.29) is 24.0 Å². The Balaban J connectivity index is 1.29. The Bertz CT molecular complexity index is 1300. The summed E-state index contributed by atoms with van der Waals surface area (Å²) in [6.07, 6.45) is 1.76. The summed E-state index contributed by atoms with van der Waals surface area (Å²) >= 11 is 0. The first-order valence-electron chi connectivity index (χ1n) is 13.0. The third kappa shape index (κ3) is 5.47. The molecule has 1 N–H and O–H groups in total. The van der Waals surface area contributed by atoms with Crippen molar-refractivity contribution in [2.24, 2.45) is 10.9 Å². The van der Waals surface area contributed by atoms with Gasteiger partial charge >= 0.3 is 12.1 Å². The van der Waals surface area contributed by atoms with Crippen LogP contribution in [-0.2, 0) is 9.53 Å². The Labute approximate surface area is 222 Å². The topological polar surface area (TPSA) is 112 Å². The average molecular weight is 521 g/mol. The number of nitrogens with one attached hydrogen (secondary N) is 1. The maximum atomic E-state index is 12.4. The molecule has 2 atom stereocenters. The number of hydrogen-bond donors (Lipinski definition) is 1. The molecule has 3 aliphatic heterocycles. The lowest BCUT2D eigenvalue weighted by Gasteiger charge is -2.36. The molecule has 2 fully saturated rings. The molecule has 5 rings (SSSR count). The molecule has 2 amide bonds. The van der Waals surface area contributed by atoms with E-state index in [1.54, 1.807) is 15.7 Å². The van der Waals surface area contributed by atoms with Crippen LogP contribution in [0, 0.1) is 5.92 Å². The van der Waals surface area contributed by atoms with Crippen molar-refractivity contribution >= 4 is 35.2 Å². The molecule has 2 unspecified atom stereocenters. The number of aliphatic imine (C=N–C) groups is 1. The van der Waals surface area contributed by atoms with Crippen molar-refractivity contribution in [2.75, 3.05) is 44.7 Å². The SMILES string of the molecule is CC(Oc1nc(-c2ccc(N3CCN(C(=O)OC(C)(C)C)CC3)nc2)cc2c1[N+](C)=C=N2)C1CNC(=O)C1. The highest BCUT2D eigenvalue weighted by atomic mass is 16.6. The monoisotopic (exact) mass is 520 g/mol. The van der Waals surface area contributed by atoms with E-state index in [1.807, 2.05) is 52.9 Å². The first kappa shape index (κ1) is 25.7. The van der Waals surface area contributed by atoms with E-state index in [0.717, 1.165) is 22.8 Å². The van der Waals surface area contributed by atoms with Gasteiger partial charge in [-0.15, -0.1) is 0 Å². The van der Waals surface area contributed by atoms with Crippen molar-refractivity contribution < 1.29 is 23.6 Å². The van der Waals surface area contributed by atoms with Crippen molar-refractivity contribution in [1.29, 1.82) is 0 Å². The van der Waals surface area contributed by atoms with Gasteiger partial charge in [0.15, 0.2) is 0 Å². The summed E-state index contributed by atoms with van der Waals surface area (Å²) in [6.45, 7) is 10.7. The van der Waals surface area contributed by atoms with Crippen LogP contribution in [0.5, 0.6) is 5.88 Å². The van der Waals surface area contributed by atoms with Crippen LogP contribution in [0.2, 0.25) is 0 Å². The minimum Gasteiger partial charge on any atom is -0.471 e. The quantitative estimate of drug-likeness (QED) is 0.603. The van der Waals surface area contributed by atoms with Gasteiger partial charge in [0.25, 0.3) is 5.88 Å². The maximum Gasteiger partial charge on any atom is 0.410 e. The Morgan fingerprint density at radius 2 is 2.00 bits per heavy atom. The number of hydrogen-bond acceptors (Lipinski definition) is 8. The van der Waals surface area contributed by atoms with E-state index in [2.05, 4.69) is 26.2 Å². The van der Waals surface area contributed by atoms with Crippen molar-refractivity contribution in [3.63, 3.8) is 0 Å². The van der Waals surface area contributed by atoms with E-state index in [1.165, 1.54) is 0 Å². The predicted molar refractivity (Wildman–Crippen MR) is 142 cm³/mol. The van der Waals surface area contributed by atoms with Crippen LogP contribution in [0.15, 0.2) is 29.4 Å². The molecule has 0 radical (unpaired) electrons. The van der Waals surface area contributed by atoms with Gasteiger partial charge in [0.1, 0.15) is 17.5 Å². The van der Waals surface area contributed by atoms with Gasteiger partial charge in [0.05, 0.1) is 12.7 Å². The summed E-state index contributed by atoms with van der Waals surface area (Å²) in [5, 5.41) is 2.87. The number of ether oxygens (including phenoxy) is 2. The number of carbonyl (C=O) groups excluding carboxylic acids is 2. The number of pyridine rings is 2. The van der Waals surface area contributed by atoms with Crippen LogP contribution in [0.3, 0.4) is 0 Å². The molecule has 0 aromatic carbocycles. The smallest absolute Gasteiger partial charge is 0.410 e. The molecule has 0 saturated carbocycles. The molecule has 0 aliphatic carbocycles. The number of fused-ring (bicyclic) bond motifs is 1. The van der Waals surface area contributed by atoms with Crippen LogP contribution in [0.1, 0.15) is 34.1 Å². The number of amides is 2. The second kappa shape index (κ2) is 10.1. The van der Waals surface area contributed by atoms with Gasteiger partial charge in [-0.25, -0.2) is 14.8 Å². The summed E-state index contributed by atoms with van der Waals surface area (Å²) in [4.78, 5) is 41.8. The molecular formula is C27H34N7O4+. The van der Waals surface area contributed by atoms with E-state index >= 15 is 0 Å². The van der Waals surface area contributed by atoms with Gasteiger partial charge in [-0.05, 0) is 39.8 Å². The van der Waals surface area contributed by atoms with Crippen LogP contribution < -0.4 is 15.0 Å². The zero-order valence-corrected chi connectivity index (χ0v) is 22.5. The first-order valence-corrected chi connectivity index (χ1v) is 13.0. The lowest BCUT2D eigenvalue weighted by molar-refractivity contribution is -0.395. The van der Waals surface area contributed by atoms with E-state index in [0.29, 0.717) is 50.7 Å². The average Bonchev–Trinajstić information content (AvgIpc) is 3.49. The van der Waals surface area contributed by atoms with Gasteiger partial charge in [-0.1, -0.05) is 0 Å². The Morgan fingerprint density at radius 3 is 2.63 bits per heavy atom. The normalized spacial score (nSPS) is 19.7. The summed E-state index contributed by atoms with van der Waals surface area (Å²) in [6, 6.07) is 8.79. The van der Waals surface area contributed by atoms with Crippen LogP contribution in [0.4, 0.5) is 22.0 Å². The first-order chi connectivity index (χ1) is 18.1. The minimum atomic E-state index is -0.508. The number of rotatable bonds is 5. The van der Waals surface area contributed by atoms with Gasteiger partial charge in [0, 0.05) is 67.9 Å². The van der Waals surface area contributed by atoms with Crippen molar-refractivity contribution in [3.05, 3.63) is 24.4 Å². The molecule has 11 nitrogen and oxygen atoms in total. The molecule has 2 saturated heterocycles. The highest BCUT2D eigenvalue weighted by Crippen LogP contribution is 2.41. The van der Waals surface area contributed by atoms with Crippen LogP contribution in [-0.4, -0.2) is 88.9 Å². The molecule has 2 aromatic rings. The predicted octanol–water partition coefficient (Wildman–Crippen LogP) is 3.20. The van der Waals surface area contributed by atoms with Crippen molar-refractivity contribution in [3.8, 4) is 17.1 Å². The fourth-order valence-corrected chi connectivity index (χ4v) is 4.71. The van der Waals surface area contributed by atoms with E-state index in [4.69, 9.17) is 14.5 Å². The van der Waals surface area contributed by atoms with E-state index in [9.17, 15) is 9.59 Å². The number of piperazine rings is 1. The second-order valence-electron chi connectivity index (χ2n) is 10.9. The molecule has 0 bridgehead atoms. The minimum absolute atomic E-state index is 0.0450. The molecular weight excluding hydrogens is 486 g/mol. The van der Waals surface area contributed by atoms with Gasteiger partial charge in [-0.3, -0.25) is 4.79 Å². The second-order valence-corrected chi connectivity index (χ2v) is 10.9. The standard InChI is InChI=1S/C27H33N7O4/c1-17(19-12-23(35)29-15-19)37-25-24-21(30-16-32(24)5)13-20(31-25)18-6-7-22(28-14-18)33-8-10-34(11-9-33)26(36)38-27(2,3)4/h6-7,13-14,17,19H,8-12,15H2,1-5H3/p+1.